The van der Waals surface area contributed by atoms with Gasteiger partial charge < -0.3 is 9.47 Å². The minimum Gasteiger partial charge on any atom is -0.493 e. The SMILES string of the molecule is COc1ccc2c3c1OC1C(=O)[C@@H]4C[C@@H]4C4C(C2)N(CC2CC2)CCC314. The van der Waals surface area contributed by atoms with Crippen LogP contribution in [0.4, 0.5) is 0 Å². The lowest BCUT2D eigenvalue weighted by Crippen LogP contribution is -2.67. The molecule has 6 aliphatic rings. The number of rotatable bonds is 3. The van der Waals surface area contributed by atoms with E-state index in [0.29, 0.717) is 23.7 Å². The number of benzene rings is 1. The lowest BCUT2D eigenvalue weighted by atomic mass is 9.51. The lowest BCUT2D eigenvalue weighted by molar-refractivity contribution is -0.140. The third-order valence-corrected chi connectivity index (χ3v) is 8.43. The number of carbonyl (C=O) groups excluding carboxylic acids is 1. The molecular formula is C22H25NO3. The molecule has 4 unspecified atom stereocenters. The zero-order chi connectivity index (χ0) is 17.2. The van der Waals surface area contributed by atoms with Gasteiger partial charge in [0.05, 0.1) is 7.11 Å². The van der Waals surface area contributed by atoms with Crippen molar-refractivity contribution in [3.05, 3.63) is 23.3 Å². The number of hydrogen-bond donors (Lipinski definition) is 0. The molecule has 1 saturated heterocycles. The summed E-state index contributed by atoms with van der Waals surface area (Å²) in [5.74, 6) is 4.47. The average Bonchev–Trinajstić information content (AvgIpc) is 3.55. The van der Waals surface area contributed by atoms with Gasteiger partial charge in [0.2, 0.25) is 0 Å². The molecule has 7 rings (SSSR count). The summed E-state index contributed by atoms with van der Waals surface area (Å²) in [6, 6.07) is 4.90. The number of fused-ring (bicyclic) bond motifs is 1. The molecule has 136 valence electrons. The molecule has 4 aliphatic carbocycles. The summed E-state index contributed by atoms with van der Waals surface area (Å²) in [7, 11) is 1.71. The highest BCUT2D eigenvalue weighted by Crippen LogP contribution is 2.70. The van der Waals surface area contributed by atoms with Crippen molar-refractivity contribution in [2.45, 2.75) is 49.7 Å². The zero-order valence-electron chi connectivity index (χ0n) is 15.2. The molecule has 4 fully saturated rings. The Morgan fingerprint density at radius 2 is 2.23 bits per heavy atom. The van der Waals surface area contributed by atoms with Crippen molar-refractivity contribution in [2.75, 3.05) is 20.2 Å². The summed E-state index contributed by atoms with van der Waals surface area (Å²) in [5, 5.41) is 0. The molecule has 2 aliphatic heterocycles. The minimum atomic E-state index is -0.257. The molecule has 1 spiro atoms. The quantitative estimate of drug-likeness (QED) is 0.839. The Morgan fingerprint density at radius 1 is 1.35 bits per heavy atom. The summed E-state index contributed by atoms with van der Waals surface area (Å²) in [6.07, 6.45) is 5.87. The van der Waals surface area contributed by atoms with Crippen LogP contribution in [0.3, 0.4) is 0 Å². The lowest BCUT2D eigenvalue weighted by Gasteiger charge is -2.57. The molecule has 4 heteroatoms. The number of hydrogen-bond acceptors (Lipinski definition) is 4. The van der Waals surface area contributed by atoms with Gasteiger partial charge >= 0.3 is 0 Å². The van der Waals surface area contributed by atoms with E-state index in [1.54, 1.807) is 7.11 Å². The number of Topliss-reactive ketones (excluding diaryl/α,β-unsaturated/α-hetero) is 1. The summed E-state index contributed by atoms with van der Waals surface area (Å²) in [6.45, 7) is 2.39. The van der Waals surface area contributed by atoms with E-state index >= 15 is 0 Å². The van der Waals surface area contributed by atoms with Crippen LogP contribution in [-0.2, 0) is 16.6 Å². The molecule has 0 aromatic heterocycles. The fourth-order valence-corrected chi connectivity index (χ4v) is 7.20. The Balaban J connectivity index is 1.44. The zero-order valence-corrected chi connectivity index (χ0v) is 15.2. The van der Waals surface area contributed by atoms with Crippen LogP contribution in [0.2, 0.25) is 0 Å². The normalized spacial score (nSPS) is 44.2. The van der Waals surface area contributed by atoms with Crippen LogP contribution in [0, 0.1) is 23.7 Å². The first-order valence-electron chi connectivity index (χ1n) is 10.4. The smallest absolute Gasteiger partial charge is 0.177 e. The second-order valence-corrected chi connectivity index (χ2v) is 9.56. The van der Waals surface area contributed by atoms with Gasteiger partial charge in [-0.2, -0.15) is 0 Å². The first kappa shape index (κ1) is 14.5. The summed E-state index contributed by atoms with van der Waals surface area (Å²) >= 11 is 0. The van der Waals surface area contributed by atoms with Gasteiger partial charge in [-0.3, -0.25) is 9.69 Å². The predicted octanol–water partition coefficient (Wildman–Crippen LogP) is 2.57. The van der Waals surface area contributed by atoms with E-state index in [1.165, 1.54) is 30.5 Å². The third-order valence-electron chi connectivity index (χ3n) is 8.43. The molecule has 1 aromatic rings. The monoisotopic (exact) mass is 351 g/mol. The number of ketones is 1. The van der Waals surface area contributed by atoms with E-state index < -0.39 is 0 Å². The van der Waals surface area contributed by atoms with Crippen molar-refractivity contribution in [1.29, 1.82) is 0 Å². The van der Waals surface area contributed by atoms with Crippen LogP contribution >= 0.6 is 0 Å². The van der Waals surface area contributed by atoms with Crippen molar-refractivity contribution in [3.8, 4) is 11.5 Å². The van der Waals surface area contributed by atoms with E-state index in [-0.39, 0.29) is 17.4 Å². The van der Waals surface area contributed by atoms with Crippen LogP contribution in [0.5, 0.6) is 11.5 Å². The van der Waals surface area contributed by atoms with Gasteiger partial charge in [0.25, 0.3) is 0 Å². The van der Waals surface area contributed by atoms with Gasteiger partial charge in [-0.25, -0.2) is 0 Å². The minimum absolute atomic E-state index is 0.0725. The van der Waals surface area contributed by atoms with Crippen molar-refractivity contribution >= 4 is 5.78 Å². The Morgan fingerprint density at radius 3 is 3.04 bits per heavy atom. The summed E-state index contributed by atoms with van der Waals surface area (Å²) < 4.78 is 12.1. The highest BCUT2D eigenvalue weighted by atomic mass is 16.5. The molecule has 4 nitrogen and oxygen atoms in total. The van der Waals surface area contributed by atoms with E-state index in [4.69, 9.17) is 9.47 Å². The molecule has 0 N–H and O–H groups in total. The molecule has 26 heavy (non-hydrogen) atoms. The van der Waals surface area contributed by atoms with Gasteiger partial charge in [-0.05, 0) is 68.0 Å². The van der Waals surface area contributed by atoms with Crippen molar-refractivity contribution in [2.24, 2.45) is 23.7 Å². The molecule has 0 amide bonds. The van der Waals surface area contributed by atoms with Crippen LogP contribution in [0.15, 0.2) is 12.1 Å². The Labute approximate surface area is 153 Å². The van der Waals surface area contributed by atoms with Gasteiger partial charge in [0.1, 0.15) is 0 Å². The van der Waals surface area contributed by atoms with Crippen LogP contribution in [0.25, 0.3) is 0 Å². The number of methoxy groups -OCH3 is 1. The van der Waals surface area contributed by atoms with E-state index in [0.717, 1.165) is 43.2 Å². The van der Waals surface area contributed by atoms with E-state index in [2.05, 4.69) is 17.0 Å². The number of nitrogens with zero attached hydrogens (tertiary/aromatic N) is 1. The third kappa shape index (κ3) is 1.52. The molecule has 2 bridgehead atoms. The molecular weight excluding hydrogens is 326 g/mol. The van der Waals surface area contributed by atoms with Crippen molar-refractivity contribution in [1.82, 2.24) is 4.90 Å². The van der Waals surface area contributed by atoms with E-state index in [1.807, 2.05) is 0 Å². The maximum atomic E-state index is 13.2. The Kier molecular flexibility index (Phi) is 2.49. The first-order chi connectivity index (χ1) is 12.7. The van der Waals surface area contributed by atoms with Crippen molar-refractivity contribution < 1.29 is 14.3 Å². The van der Waals surface area contributed by atoms with E-state index in [9.17, 15) is 4.79 Å². The second kappa shape index (κ2) is 4.46. The van der Waals surface area contributed by atoms with Gasteiger partial charge in [0, 0.05) is 29.5 Å². The standard InChI is InChI=1S/C22H25NO3/c1-25-16-5-4-12-8-15-18-13-9-14(13)19(24)21-22(18,17(12)20(16)26-21)6-7-23(15)10-11-2-3-11/h4-5,11,13-15,18,21H,2-3,6-10H2,1H3/t13-,14+,15?,18?,21?,22?/m0/s1. The molecule has 0 radical (unpaired) electrons. The van der Waals surface area contributed by atoms with Crippen LogP contribution in [0.1, 0.15) is 36.8 Å². The largest absolute Gasteiger partial charge is 0.493 e. The van der Waals surface area contributed by atoms with Crippen molar-refractivity contribution in [3.63, 3.8) is 0 Å². The average molecular weight is 351 g/mol. The topological polar surface area (TPSA) is 38.8 Å². The number of likely N-dealkylation sites (tertiary alicyclic amines) is 1. The maximum absolute atomic E-state index is 13.2. The van der Waals surface area contributed by atoms with Gasteiger partial charge in [0.15, 0.2) is 23.4 Å². The number of piperidine rings is 1. The fourth-order valence-electron chi connectivity index (χ4n) is 7.20. The Bertz CT molecular complexity index is 846. The fraction of sp³-hybridized carbons (Fsp3) is 0.682. The Hall–Kier alpha value is -1.55. The summed E-state index contributed by atoms with van der Waals surface area (Å²) in [5.41, 5.74) is 2.70. The van der Waals surface area contributed by atoms with Gasteiger partial charge in [-0.1, -0.05) is 6.07 Å². The second-order valence-electron chi connectivity index (χ2n) is 9.56. The predicted molar refractivity (Wildman–Crippen MR) is 95.6 cm³/mol. The maximum Gasteiger partial charge on any atom is 0.177 e. The number of ether oxygens (including phenoxy) is 2. The molecule has 3 saturated carbocycles. The first-order valence-corrected chi connectivity index (χ1v) is 10.4. The molecule has 1 aromatic carbocycles. The highest BCUT2D eigenvalue weighted by Gasteiger charge is 2.74. The summed E-state index contributed by atoms with van der Waals surface area (Å²) in [4.78, 5) is 16.0. The van der Waals surface area contributed by atoms with Gasteiger partial charge in [-0.15, -0.1) is 0 Å². The highest BCUT2D eigenvalue weighted by molar-refractivity contribution is 5.93. The van der Waals surface area contributed by atoms with Crippen LogP contribution in [-0.4, -0.2) is 43.0 Å². The number of carbonyl (C=O) groups is 1. The van der Waals surface area contributed by atoms with Crippen LogP contribution < -0.4 is 9.47 Å². The molecule has 2 heterocycles. The molecule has 6 atom stereocenters.